The molecule has 0 radical (unpaired) electrons. The zero-order valence-electron chi connectivity index (χ0n) is 21.5. The van der Waals surface area contributed by atoms with Crippen molar-refractivity contribution in [1.82, 2.24) is 25.4 Å². The lowest BCUT2D eigenvalue weighted by Gasteiger charge is -2.23. The van der Waals surface area contributed by atoms with E-state index in [0.717, 1.165) is 70.9 Å². The molecule has 1 saturated heterocycles. The van der Waals surface area contributed by atoms with Crippen LogP contribution < -0.4 is 16.0 Å². The molecule has 6 rings (SSSR count). The summed E-state index contributed by atoms with van der Waals surface area (Å²) in [7, 11) is 0. The molecule has 8 heteroatoms. The second-order valence-electron chi connectivity index (χ2n) is 9.96. The summed E-state index contributed by atoms with van der Waals surface area (Å²) < 4.78 is 1.84. The first-order valence-electron chi connectivity index (χ1n) is 13.0. The van der Waals surface area contributed by atoms with E-state index in [-0.39, 0.29) is 17.9 Å². The zero-order valence-corrected chi connectivity index (χ0v) is 21.5. The van der Waals surface area contributed by atoms with Gasteiger partial charge < -0.3 is 20.9 Å². The number of hydrogen-bond donors (Lipinski definition) is 4. The molecule has 0 aliphatic carbocycles. The van der Waals surface area contributed by atoms with Gasteiger partial charge in [-0.2, -0.15) is 5.10 Å². The number of H-pyrrole nitrogens is 1. The average molecular weight is 507 g/mol. The number of aromatic nitrogens is 3. The SMILES string of the molecule is Cc1[nH]c(/C=C2\C(=O)Nc3ccc(-c4cnn(-c5ccccc5)c4)cc32)c(C)c1C(=O)N[C@H]1CCCNC1. The molecule has 2 amide bonds. The Balaban J connectivity index is 1.30. The number of carbonyl (C=O) groups is 2. The Morgan fingerprint density at radius 1 is 1.13 bits per heavy atom. The Kier molecular flexibility index (Phi) is 6.17. The molecule has 8 nitrogen and oxygen atoms in total. The predicted octanol–water partition coefficient (Wildman–Crippen LogP) is 4.46. The summed E-state index contributed by atoms with van der Waals surface area (Å²) in [5.74, 6) is -0.244. The van der Waals surface area contributed by atoms with Gasteiger partial charge in [0.05, 0.1) is 23.0 Å². The van der Waals surface area contributed by atoms with Gasteiger partial charge in [-0.15, -0.1) is 0 Å². The van der Waals surface area contributed by atoms with E-state index in [1.807, 2.05) is 85.5 Å². The van der Waals surface area contributed by atoms with Crippen LogP contribution in [-0.2, 0) is 4.79 Å². The van der Waals surface area contributed by atoms with E-state index in [2.05, 4.69) is 26.0 Å². The van der Waals surface area contributed by atoms with E-state index in [9.17, 15) is 9.59 Å². The quantitative estimate of drug-likeness (QED) is 0.300. The minimum absolute atomic E-state index is 0.0800. The second-order valence-corrected chi connectivity index (χ2v) is 9.96. The third kappa shape index (κ3) is 4.43. The van der Waals surface area contributed by atoms with Crippen LogP contribution in [0.1, 0.15) is 45.7 Å². The Bertz CT molecular complexity index is 1560. The zero-order chi connectivity index (χ0) is 26.2. The molecule has 0 bridgehead atoms. The molecular weight excluding hydrogens is 476 g/mol. The summed E-state index contributed by atoms with van der Waals surface area (Å²) in [6, 6.07) is 16.0. The molecular formula is C30H30N6O2. The maximum Gasteiger partial charge on any atom is 0.256 e. The first kappa shape index (κ1) is 23.9. The Hall–Kier alpha value is -4.43. The van der Waals surface area contributed by atoms with Gasteiger partial charge in [0, 0.05) is 47.0 Å². The fourth-order valence-electron chi connectivity index (χ4n) is 5.34. The summed E-state index contributed by atoms with van der Waals surface area (Å²) >= 11 is 0. The summed E-state index contributed by atoms with van der Waals surface area (Å²) in [4.78, 5) is 29.4. The molecule has 4 heterocycles. The number of nitrogens with one attached hydrogen (secondary N) is 4. The number of para-hydroxylation sites is 1. The first-order valence-corrected chi connectivity index (χ1v) is 13.0. The van der Waals surface area contributed by atoms with Gasteiger partial charge >= 0.3 is 0 Å². The van der Waals surface area contributed by atoms with Crippen LogP contribution in [0.5, 0.6) is 0 Å². The molecule has 2 aliphatic heterocycles. The minimum Gasteiger partial charge on any atom is -0.358 e. The standard InChI is InChI=1S/C30H30N6O2/c1-18-27(33-19(2)28(18)30(38)34-22-7-6-12-31-16-22)14-25-24-13-20(10-11-26(24)35-29(25)37)21-15-32-36(17-21)23-8-4-3-5-9-23/h3-5,8-11,13-15,17,22,31,33H,6-7,12,16H2,1-2H3,(H,34,38)(H,35,37)/b25-14-/t22-/m0/s1. The number of hydrogen-bond acceptors (Lipinski definition) is 4. The van der Waals surface area contributed by atoms with Crippen LogP contribution >= 0.6 is 0 Å². The van der Waals surface area contributed by atoms with Crippen molar-refractivity contribution in [3.8, 4) is 16.8 Å². The average Bonchev–Trinajstić information content (AvgIpc) is 3.61. The Morgan fingerprint density at radius 3 is 2.76 bits per heavy atom. The van der Waals surface area contributed by atoms with Crippen molar-refractivity contribution in [3.63, 3.8) is 0 Å². The largest absolute Gasteiger partial charge is 0.358 e. The van der Waals surface area contributed by atoms with Crippen molar-refractivity contribution < 1.29 is 9.59 Å². The monoisotopic (exact) mass is 506 g/mol. The fourth-order valence-corrected chi connectivity index (χ4v) is 5.34. The van der Waals surface area contributed by atoms with Gasteiger partial charge in [-0.3, -0.25) is 9.59 Å². The molecule has 1 atom stereocenters. The number of aromatic amines is 1. The number of carbonyl (C=O) groups excluding carboxylic acids is 2. The molecule has 2 aromatic heterocycles. The van der Waals surface area contributed by atoms with Gasteiger partial charge in [-0.1, -0.05) is 24.3 Å². The highest BCUT2D eigenvalue weighted by atomic mass is 16.2. The van der Waals surface area contributed by atoms with Crippen molar-refractivity contribution in [2.45, 2.75) is 32.7 Å². The van der Waals surface area contributed by atoms with Crippen molar-refractivity contribution >= 4 is 29.2 Å². The number of anilines is 1. The fraction of sp³-hybridized carbons (Fsp3) is 0.233. The maximum atomic E-state index is 13.1. The van der Waals surface area contributed by atoms with Crippen molar-refractivity contribution in [2.24, 2.45) is 0 Å². The highest BCUT2D eigenvalue weighted by Gasteiger charge is 2.27. The van der Waals surface area contributed by atoms with Gasteiger partial charge in [0.25, 0.3) is 11.8 Å². The lowest BCUT2D eigenvalue weighted by atomic mass is 9.99. The van der Waals surface area contributed by atoms with E-state index in [0.29, 0.717) is 11.1 Å². The lowest BCUT2D eigenvalue weighted by molar-refractivity contribution is -0.110. The molecule has 1 fully saturated rings. The van der Waals surface area contributed by atoms with E-state index in [1.165, 1.54) is 0 Å². The first-order chi connectivity index (χ1) is 18.5. The minimum atomic E-state index is -0.164. The molecule has 2 aromatic carbocycles. The second kappa shape index (κ2) is 9.79. The molecule has 0 saturated carbocycles. The van der Waals surface area contributed by atoms with Crippen molar-refractivity contribution in [3.05, 3.63) is 89.0 Å². The summed E-state index contributed by atoms with van der Waals surface area (Å²) in [6.45, 7) is 5.60. The molecule has 4 aromatic rings. The van der Waals surface area contributed by atoms with E-state index >= 15 is 0 Å². The van der Waals surface area contributed by atoms with E-state index in [1.54, 1.807) is 0 Å². The van der Waals surface area contributed by atoms with Crippen LogP contribution in [0, 0.1) is 13.8 Å². The van der Waals surface area contributed by atoms with Crippen LogP contribution in [0.3, 0.4) is 0 Å². The smallest absolute Gasteiger partial charge is 0.256 e. The van der Waals surface area contributed by atoms with Crippen LogP contribution in [-0.4, -0.2) is 45.7 Å². The van der Waals surface area contributed by atoms with E-state index in [4.69, 9.17) is 0 Å². The van der Waals surface area contributed by atoms with Crippen molar-refractivity contribution in [2.75, 3.05) is 18.4 Å². The lowest BCUT2D eigenvalue weighted by Crippen LogP contribution is -2.45. The topological polar surface area (TPSA) is 104 Å². The summed E-state index contributed by atoms with van der Waals surface area (Å²) in [5.41, 5.74) is 8.08. The van der Waals surface area contributed by atoms with Crippen LogP contribution in [0.25, 0.3) is 28.5 Å². The highest BCUT2D eigenvalue weighted by molar-refractivity contribution is 6.35. The number of amides is 2. The number of rotatable bonds is 5. The van der Waals surface area contributed by atoms with Gasteiger partial charge in [0.1, 0.15) is 0 Å². The van der Waals surface area contributed by atoms with E-state index < -0.39 is 0 Å². The van der Waals surface area contributed by atoms with Gasteiger partial charge in [-0.05, 0) is 74.7 Å². The number of benzene rings is 2. The molecule has 4 N–H and O–H groups in total. The van der Waals surface area contributed by atoms with Crippen LogP contribution in [0.15, 0.2) is 60.9 Å². The molecule has 0 unspecified atom stereocenters. The van der Waals surface area contributed by atoms with Crippen LogP contribution in [0.2, 0.25) is 0 Å². The molecule has 192 valence electrons. The maximum absolute atomic E-state index is 13.1. The summed E-state index contributed by atoms with van der Waals surface area (Å²) in [6.07, 6.45) is 7.68. The number of fused-ring (bicyclic) bond motifs is 1. The number of aryl methyl sites for hydroxylation is 1. The summed E-state index contributed by atoms with van der Waals surface area (Å²) in [5, 5.41) is 14.0. The highest BCUT2D eigenvalue weighted by Crippen LogP contribution is 2.37. The van der Waals surface area contributed by atoms with Gasteiger partial charge in [0.15, 0.2) is 0 Å². The normalized spacial score (nSPS) is 17.9. The van der Waals surface area contributed by atoms with Gasteiger partial charge in [0.2, 0.25) is 0 Å². The van der Waals surface area contributed by atoms with Gasteiger partial charge in [-0.25, -0.2) is 4.68 Å². The molecule has 38 heavy (non-hydrogen) atoms. The number of nitrogens with zero attached hydrogens (tertiary/aromatic N) is 2. The third-order valence-electron chi connectivity index (χ3n) is 7.36. The number of piperidine rings is 1. The Morgan fingerprint density at radius 2 is 1.97 bits per heavy atom. The molecule has 0 spiro atoms. The van der Waals surface area contributed by atoms with Crippen LogP contribution in [0.4, 0.5) is 5.69 Å². The third-order valence-corrected chi connectivity index (χ3v) is 7.36. The van der Waals surface area contributed by atoms with Crippen molar-refractivity contribution in [1.29, 1.82) is 0 Å². The Labute approximate surface area is 221 Å². The predicted molar refractivity (Wildman–Crippen MR) is 149 cm³/mol. The molecule has 2 aliphatic rings.